The van der Waals surface area contributed by atoms with E-state index in [1.165, 1.54) is 11.1 Å². The summed E-state index contributed by atoms with van der Waals surface area (Å²) in [7, 11) is 0. The zero-order valence-electron chi connectivity index (χ0n) is 16.3. The van der Waals surface area contributed by atoms with E-state index in [0.717, 1.165) is 44.0 Å². The number of hydrogen-bond donors (Lipinski definition) is 3. The maximum atomic E-state index is 12.6. The lowest BCUT2D eigenvalue weighted by atomic mass is 9.88. The maximum absolute atomic E-state index is 12.6. The van der Waals surface area contributed by atoms with Crippen LogP contribution in [0.2, 0.25) is 0 Å². The van der Waals surface area contributed by atoms with E-state index in [1.807, 2.05) is 36.4 Å². The second-order valence-corrected chi connectivity index (χ2v) is 9.03. The Morgan fingerprint density at radius 3 is 2.38 bits per heavy atom. The van der Waals surface area contributed by atoms with Crippen LogP contribution in [0, 0.1) is 0 Å². The molecule has 3 N–H and O–H groups in total. The summed E-state index contributed by atoms with van der Waals surface area (Å²) in [6, 6.07) is 5.77. The lowest BCUT2D eigenvalue weighted by Crippen LogP contribution is -2.45. The predicted molar refractivity (Wildman–Crippen MR) is 112 cm³/mol. The van der Waals surface area contributed by atoms with E-state index < -0.39 is 16.6 Å². The molecule has 1 aromatic carbocycles. The Bertz CT molecular complexity index is 757. The summed E-state index contributed by atoms with van der Waals surface area (Å²) >= 11 is 13.1. The Balaban J connectivity index is 1.60. The van der Waals surface area contributed by atoms with E-state index in [-0.39, 0.29) is 12.6 Å². The molecule has 2 unspecified atom stereocenters. The first-order chi connectivity index (χ1) is 13.7. The number of alkyl halides is 5. The van der Waals surface area contributed by atoms with Gasteiger partial charge in [0.2, 0.25) is 0 Å². The third kappa shape index (κ3) is 5.98. The number of rotatable bonds is 6. The molecule has 0 bridgehead atoms. The van der Waals surface area contributed by atoms with E-state index in [0.29, 0.717) is 6.54 Å². The average molecular weight is 448 g/mol. The van der Waals surface area contributed by atoms with Crippen LogP contribution in [0.1, 0.15) is 30.9 Å². The molecule has 0 spiro atoms. The van der Waals surface area contributed by atoms with E-state index in [4.69, 9.17) is 23.2 Å². The fraction of sp³-hybridized carbons (Fsp3) is 0.524. The molecule has 2 atom stereocenters. The molecule has 0 aromatic heterocycles. The fourth-order valence-electron chi connectivity index (χ4n) is 3.59. The van der Waals surface area contributed by atoms with Gasteiger partial charge in [0.1, 0.15) is 6.04 Å². The van der Waals surface area contributed by atoms with Crippen LogP contribution in [0.15, 0.2) is 47.6 Å². The van der Waals surface area contributed by atoms with Gasteiger partial charge in [-0.2, -0.15) is 13.2 Å². The lowest BCUT2D eigenvalue weighted by Gasteiger charge is -2.35. The van der Waals surface area contributed by atoms with Gasteiger partial charge < -0.3 is 16.0 Å². The summed E-state index contributed by atoms with van der Waals surface area (Å²) in [6.07, 6.45) is 1.47. The van der Waals surface area contributed by atoms with Crippen LogP contribution < -0.4 is 16.0 Å². The van der Waals surface area contributed by atoms with Gasteiger partial charge in [0.15, 0.2) is 4.33 Å². The average Bonchev–Trinajstić information content (AvgIpc) is 2.90. The van der Waals surface area contributed by atoms with Crippen molar-refractivity contribution in [2.45, 2.75) is 55.4 Å². The molecule has 8 heteroatoms. The van der Waals surface area contributed by atoms with Gasteiger partial charge in [-0.05, 0) is 61.2 Å². The zero-order valence-corrected chi connectivity index (χ0v) is 17.8. The van der Waals surface area contributed by atoms with Gasteiger partial charge in [0.05, 0.1) is 6.04 Å². The topological polar surface area (TPSA) is 36.1 Å². The number of halogens is 5. The van der Waals surface area contributed by atoms with E-state index >= 15 is 0 Å². The van der Waals surface area contributed by atoms with Gasteiger partial charge in [-0.15, -0.1) is 0 Å². The number of allylic oxidation sites excluding steroid dienone is 1. The quantitative estimate of drug-likeness (QED) is 0.557. The molecule has 3 nitrogen and oxygen atoms in total. The number of benzene rings is 1. The molecule has 1 aliphatic heterocycles. The molecule has 1 heterocycles. The van der Waals surface area contributed by atoms with Crippen LogP contribution in [0.4, 0.5) is 13.2 Å². The molecule has 2 aliphatic rings. The van der Waals surface area contributed by atoms with Crippen molar-refractivity contribution >= 4 is 23.2 Å². The van der Waals surface area contributed by atoms with E-state index in [9.17, 15) is 13.2 Å². The van der Waals surface area contributed by atoms with Crippen molar-refractivity contribution in [2.75, 3.05) is 13.1 Å². The summed E-state index contributed by atoms with van der Waals surface area (Å²) in [4.78, 5) is 0. The molecule has 0 fully saturated rings. The first kappa shape index (κ1) is 22.6. The minimum Gasteiger partial charge on any atom is -0.316 e. The highest BCUT2D eigenvalue weighted by molar-refractivity contribution is 6.50. The predicted octanol–water partition coefficient (Wildman–Crippen LogP) is 4.61. The highest BCUT2D eigenvalue weighted by atomic mass is 35.5. The second-order valence-electron chi connectivity index (χ2n) is 7.58. The third-order valence-electron chi connectivity index (χ3n) is 5.43. The van der Waals surface area contributed by atoms with Crippen LogP contribution in [-0.4, -0.2) is 35.7 Å². The Hall–Kier alpha value is -1.05. The van der Waals surface area contributed by atoms with Gasteiger partial charge >= 0.3 is 6.18 Å². The fourth-order valence-corrected chi connectivity index (χ4v) is 4.14. The molecule has 0 saturated heterocycles. The Morgan fingerprint density at radius 2 is 1.72 bits per heavy atom. The van der Waals surface area contributed by atoms with Gasteiger partial charge in [-0.25, -0.2) is 0 Å². The van der Waals surface area contributed by atoms with Crippen LogP contribution in [0.25, 0.3) is 0 Å². The lowest BCUT2D eigenvalue weighted by molar-refractivity contribution is -0.151. The number of nitrogens with one attached hydrogen (secondary N) is 3. The van der Waals surface area contributed by atoms with Gasteiger partial charge in [-0.3, -0.25) is 0 Å². The highest BCUT2D eigenvalue weighted by Gasteiger charge is 2.38. The molecule has 29 heavy (non-hydrogen) atoms. The van der Waals surface area contributed by atoms with Crippen molar-refractivity contribution in [2.24, 2.45) is 0 Å². The van der Waals surface area contributed by atoms with Crippen molar-refractivity contribution in [3.63, 3.8) is 0 Å². The molecular weight excluding hydrogens is 422 g/mol. The second kappa shape index (κ2) is 9.40. The Morgan fingerprint density at radius 1 is 1.10 bits per heavy atom. The first-order valence-corrected chi connectivity index (χ1v) is 10.5. The normalized spacial score (nSPS) is 22.9. The van der Waals surface area contributed by atoms with Crippen molar-refractivity contribution in [1.82, 2.24) is 16.0 Å². The van der Waals surface area contributed by atoms with Crippen molar-refractivity contribution in [3.05, 3.63) is 58.7 Å². The molecule has 160 valence electrons. The summed E-state index contributed by atoms with van der Waals surface area (Å²) < 4.78 is 36.8. The van der Waals surface area contributed by atoms with Crippen molar-refractivity contribution in [3.8, 4) is 0 Å². The van der Waals surface area contributed by atoms with Gasteiger partial charge in [-0.1, -0.05) is 53.5 Å². The van der Waals surface area contributed by atoms with Crippen LogP contribution >= 0.6 is 23.2 Å². The van der Waals surface area contributed by atoms with E-state index in [1.54, 1.807) is 0 Å². The first-order valence-electron chi connectivity index (χ1n) is 9.78. The SMILES string of the molecule is CC(NCc1ccc(CNC2C3=C(C=CC2(Cl)Cl)CCNCC3)cc1)C(F)(F)F. The molecule has 0 radical (unpaired) electrons. The minimum absolute atomic E-state index is 0.164. The molecule has 0 saturated carbocycles. The van der Waals surface area contributed by atoms with Crippen LogP contribution in [0.3, 0.4) is 0 Å². The molecule has 1 aromatic rings. The summed E-state index contributed by atoms with van der Waals surface area (Å²) in [5.41, 5.74) is 4.34. The van der Waals surface area contributed by atoms with Crippen molar-refractivity contribution in [1.29, 1.82) is 0 Å². The number of hydrogen-bond acceptors (Lipinski definition) is 3. The van der Waals surface area contributed by atoms with Gasteiger partial charge in [0.25, 0.3) is 0 Å². The third-order valence-corrected chi connectivity index (χ3v) is 6.12. The molecule has 1 aliphatic carbocycles. The summed E-state index contributed by atoms with van der Waals surface area (Å²) in [5, 5.41) is 9.37. The van der Waals surface area contributed by atoms with Crippen molar-refractivity contribution < 1.29 is 13.2 Å². The molecule has 0 amide bonds. The highest BCUT2D eigenvalue weighted by Crippen LogP contribution is 2.39. The molecular formula is C21H26Cl2F3N3. The van der Waals surface area contributed by atoms with Crippen LogP contribution in [-0.2, 0) is 13.1 Å². The Labute approximate surface area is 179 Å². The Kier molecular flexibility index (Phi) is 7.33. The maximum Gasteiger partial charge on any atom is 0.403 e. The van der Waals surface area contributed by atoms with Gasteiger partial charge in [0, 0.05) is 13.1 Å². The molecule has 3 rings (SSSR count). The van der Waals surface area contributed by atoms with Crippen LogP contribution in [0.5, 0.6) is 0 Å². The minimum atomic E-state index is -4.24. The largest absolute Gasteiger partial charge is 0.403 e. The summed E-state index contributed by atoms with van der Waals surface area (Å²) in [6.45, 7) is 3.68. The standard InChI is InChI=1S/C21H26Cl2F3N3/c1-14(21(24,25)26)28-12-15-2-4-16(5-3-15)13-29-19-18-8-11-27-10-7-17(18)6-9-20(19,22)23/h2-6,9,14,19,27-29H,7-8,10-13H2,1H3. The smallest absolute Gasteiger partial charge is 0.316 e. The van der Waals surface area contributed by atoms with E-state index in [2.05, 4.69) is 16.0 Å². The zero-order chi connectivity index (χ0) is 21.1. The monoisotopic (exact) mass is 447 g/mol. The summed E-state index contributed by atoms with van der Waals surface area (Å²) in [5.74, 6) is 0.